The van der Waals surface area contributed by atoms with Gasteiger partial charge in [0.05, 0.1) is 5.56 Å². The Morgan fingerprint density at radius 2 is 1.16 bits per heavy atom. The van der Waals surface area contributed by atoms with E-state index in [4.69, 9.17) is 19.2 Å². The van der Waals surface area contributed by atoms with E-state index < -0.39 is 7.82 Å². The molecule has 19 heavy (non-hydrogen) atoms. The highest BCUT2D eigenvalue weighted by atomic mass is 31.2. The molecule has 0 aliphatic carbocycles. The molecule has 0 aromatic heterocycles. The first kappa shape index (κ1) is 15.2. The van der Waals surface area contributed by atoms with Crippen LogP contribution in [0.5, 0.6) is 11.5 Å². The van der Waals surface area contributed by atoms with Gasteiger partial charge < -0.3 is 24.9 Å². The molecule has 0 bridgehead atoms. The van der Waals surface area contributed by atoms with Crippen molar-refractivity contribution in [2.45, 2.75) is 0 Å². The van der Waals surface area contributed by atoms with E-state index >= 15 is 0 Å². The Morgan fingerprint density at radius 3 is 1.58 bits per heavy atom. The maximum absolute atomic E-state index is 9.58. The minimum Gasteiger partial charge on any atom is -0.507 e. The molecule has 0 amide bonds. The van der Waals surface area contributed by atoms with Crippen LogP contribution in [0.1, 0.15) is 0 Å². The monoisotopic (exact) mass is 284 g/mol. The molecule has 2 rings (SSSR count). The van der Waals surface area contributed by atoms with Crippen LogP contribution in [0.3, 0.4) is 0 Å². The molecule has 0 heterocycles. The predicted octanol–water partition coefficient (Wildman–Crippen LogP) is 1.84. The van der Waals surface area contributed by atoms with Gasteiger partial charge in [-0.3, -0.25) is 0 Å². The Bertz CT molecular complexity index is 550. The van der Waals surface area contributed by atoms with Gasteiger partial charge in [-0.2, -0.15) is 0 Å². The molecule has 0 unspecified atom stereocenters. The van der Waals surface area contributed by atoms with Crippen molar-refractivity contribution in [1.82, 2.24) is 0 Å². The van der Waals surface area contributed by atoms with Gasteiger partial charge in [-0.25, -0.2) is 4.57 Å². The minimum atomic E-state index is -4.64. The third-order valence-corrected chi connectivity index (χ3v) is 2.08. The Hall–Kier alpha value is -1.85. The molecule has 0 fully saturated rings. The quantitative estimate of drug-likeness (QED) is 0.510. The summed E-state index contributed by atoms with van der Waals surface area (Å²) in [4.78, 5) is 21.6. The number of aromatic hydroxyl groups is 2. The molecular formula is C12H13O6P. The highest BCUT2D eigenvalue weighted by molar-refractivity contribution is 7.45. The van der Waals surface area contributed by atoms with Crippen molar-refractivity contribution >= 4 is 7.82 Å². The molecule has 0 saturated heterocycles. The van der Waals surface area contributed by atoms with Crippen molar-refractivity contribution < 1.29 is 29.5 Å². The van der Waals surface area contributed by atoms with E-state index in [2.05, 4.69) is 0 Å². The lowest BCUT2D eigenvalue weighted by molar-refractivity contribution is 0.275. The molecule has 0 aliphatic rings. The van der Waals surface area contributed by atoms with Gasteiger partial charge in [0.25, 0.3) is 0 Å². The van der Waals surface area contributed by atoms with Crippen molar-refractivity contribution in [1.29, 1.82) is 0 Å². The Kier molecular flexibility index (Phi) is 5.09. The van der Waals surface area contributed by atoms with E-state index in [1.807, 2.05) is 30.3 Å². The maximum Gasteiger partial charge on any atom is 0.466 e. The fourth-order valence-corrected chi connectivity index (χ4v) is 1.43. The first-order valence-corrected chi connectivity index (χ1v) is 6.70. The minimum absolute atomic E-state index is 0.0937. The fourth-order valence-electron chi connectivity index (χ4n) is 1.43. The molecule has 7 heteroatoms. The van der Waals surface area contributed by atoms with E-state index in [1.165, 1.54) is 0 Å². The molecule has 0 atom stereocenters. The van der Waals surface area contributed by atoms with Crippen molar-refractivity contribution in [2.75, 3.05) is 0 Å². The summed E-state index contributed by atoms with van der Waals surface area (Å²) in [5.41, 5.74) is 1.29. The van der Waals surface area contributed by atoms with E-state index in [1.54, 1.807) is 18.2 Å². The molecule has 102 valence electrons. The van der Waals surface area contributed by atoms with Crippen LogP contribution in [0, 0.1) is 0 Å². The summed E-state index contributed by atoms with van der Waals surface area (Å²) in [7, 11) is -4.64. The van der Waals surface area contributed by atoms with Gasteiger partial charge in [0.2, 0.25) is 0 Å². The molecule has 0 saturated carbocycles. The molecular weight excluding hydrogens is 271 g/mol. The molecule has 6 nitrogen and oxygen atoms in total. The predicted molar refractivity (Wildman–Crippen MR) is 69.5 cm³/mol. The summed E-state index contributed by atoms with van der Waals surface area (Å²) in [6.07, 6.45) is 0. The lowest BCUT2D eigenvalue weighted by atomic mass is 10.0. The molecule has 2 aromatic rings. The van der Waals surface area contributed by atoms with Crippen LogP contribution in [-0.4, -0.2) is 24.9 Å². The first-order valence-electron chi connectivity index (χ1n) is 5.13. The Morgan fingerprint density at radius 1 is 0.737 bits per heavy atom. The van der Waals surface area contributed by atoms with E-state index in [0.29, 0.717) is 5.56 Å². The number of phenols is 2. The number of phosphoric acid groups is 1. The molecule has 0 aliphatic heterocycles. The van der Waals surface area contributed by atoms with Crippen LogP contribution in [0.25, 0.3) is 11.1 Å². The maximum atomic E-state index is 9.58. The molecule has 5 N–H and O–H groups in total. The summed E-state index contributed by atoms with van der Waals surface area (Å²) >= 11 is 0. The zero-order valence-corrected chi connectivity index (χ0v) is 10.6. The van der Waals surface area contributed by atoms with Gasteiger partial charge in [0.1, 0.15) is 11.5 Å². The van der Waals surface area contributed by atoms with Crippen LogP contribution >= 0.6 is 7.82 Å². The zero-order chi connectivity index (χ0) is 14.5. The SMILES string of the molecule is O=P(O)(O)O.Oc1cccc(O)c1-c1ccccc1. The van der Waals surface area contributed by atoms with Crippen molar-refractivity contribution in [3.63, 3.8) is 0 Å². The zero-order valence-electron chi connectivity index (χ0n) is 9.71. The summed E-state index contributed by atoms with van der Waals surface area (Å²) in [6.45, 7) is 0. The van der Waals surface area contributed by atoms with Gasteiger partial charge in [-0.05, 0) is 17.7 Å². The normalized spacial score (nSPS) is 10.5. The lowest BCUT2D eigenvalue weighted by Gasteiger charge is -2.06. The highest BCUT2D eigenvalue weighted by Gasteiger charge is 2.07. The van der Waals surface area contributed by atoms with E-state index in [0.717, 1.165) is 5.56 Å². The third kappa shape index (κ3) is 5.54. The molecule has 0 spiro atoms. The number of rotatable bonds is 1. The number of phenolic OH excluding ortho intramolecular Hbond substituents is 2. The van der Waals surface area contributed by atoms with Crippen molar-refractivity contribution in [3.05, 3.63) is 48.5 Å². The lowest BCUT2D eigenvalue weighted by Crippen LogP contribution is -1.79. The Balaban J connectivity index is 0.000000312. The number of benzene rings is 2. The van der Waals surface area contributed by atoms with Crippen LogP contribution in [0.15, 0.2) is 48.5 Å². The summed E-state index contributed by atoms with van der Waals surface area (Å²) in [6, 6.07) is 14.0. The Labute approximate surface area is 109 Å². The second-order valence-corrected chi connectivity index (χ2v) is 4.58. The van der Waals surface area contributed by atoms with Gasteiger partial charge in [-0.15, -0.1) is 0 Å². The molecule has 2 aromatic carbocycles. The van der Waals surface area contributed by atoms with Gasteiger partial charge in [-0.1, -0.05) is 36.4 Å². The third-order valence-electron chi connectivity index (χ3n) is 2.08. The van der Waals surface area contributed by atoms with Crippen LogP contribution < -0.4 is 0 Å². The molecule has 0 radical (unpaired) electrons. The summed E-state index contributed by atoms with van der Waals surface area (Å²) < 4.78 is 8.88. The van der Waals surface area contributed by atoms with Crippen LogP contribution in [-0.2, 0) is 4.57 Å². The van der Waals surface area contributed by atoms with Crippen molar-refractivity contribution in [2.24, 2.45) is 0 Å². The van der Waals surface area contributed by atoms with Crippen LogP contribution in [0.4, 0.5) is 0 Å². The largest absolute Gasteiger partial charge is 0.507 e. The number of hydrogen-bond donors (Lipinski definition) is 5. The number of hydrogen-bond acceptors (Lipinski definition) is 3. The summed E-state index contributed by atoms with van der Waals surface area (Å²) in [5.74, 6) is 0.187. The van der Waals surface area contributed by atoms with Gasteiger partial charge >= 0.3 is 7.82 Å². The summed E-state index contributed by atoms with van der Waals surface area (Å²) in [5, 5.41) is 19.2. The van der Waals surface area contributed by atoms with E-state index in [9.17, 15) is 10.2 Å². The van der Waals surface area contributed by atoms with Gasteiger partial charge in [0, 0.05) is 0 Å². The van der Waals surface area contributed by atoms with E-state index in [-0.39, 0.29) is 11.5 Å². The van der Waals surface area contributed by atoms with Crippen LogP contribution in [0.2, 0.25) is 0 Å². The van der Waals surface area contributed by atoms with Crippen molar-refractivity contribution in [3.8, 4) is 22.6 Å². The average Bonchev–Trinajstić information content (AvgIpc) is 2.28. The smallest absolute Gasteiger partial charge is 0.466 e. The second kappa shape index (κ2) is 6.36. The second-order valence-electron chi connectivity index (χ2n) is 3.55. The average molecular weight is 284 g/mol. The first-order chi connectivity index (χ1) is 8.79. The standard InChI is InChI=1S/C12H10O2.H3O4P/c13-10-7-4-8-11(14)12(10)9-5-2-1-3-6-9;1-5(2,3)4/h1-8,13-14H;(H3,1,2,3,4). The highest BCUT2D eigenvalue weighted by Crippen LogP contribution is 2.36. The van der Waals surface area contributed by atoms with Gasteiger partial charge in [0.15, 0.2) is 0 Å². The topological polar surface area (TPSA) is 118 Å². The fraction of sp³-hybridized carbons (Fsp3) is 0.